The van der Waals surface area contributed by atoms with Gasteiger partial charge in [-0.3, -0.25) is 9.78 Å². The van der Waals surface area contributed by atoms with Gasteiger partial charge < -0.3 is 10.6 Å². The number of rotatable bonds is 3. The van der Waals surface area contributed by atoms with E-state index in [2.05, 4.69) is 4.98 Å². The van der Waals surface area contributed by atoms with Crippen LogP contribution in [-0.4, -0.2) is 28.4 Å². The van der Waals surface area contributed by atoms with Crippen molar-refractivity contribution in [3.8, 4) is 0 Å². The van der Waals surface area contributed by atoms with Gasteiger partial charge in [-0.1, -0.05) is 6.07 Å². The first-order valence-corrected chi connectivity index (χ1v) is 5.47. The molecule has 1 aromatic rings. The third-order valence-electron chi connectivity index (χ3n) is 2.93. The Balaban J connectivity index is 1.99. The second-order valence-corrected chi connectivity index (χ2v) is 4.64. The number of aryl methyl sites for hydroxylation is 1. The Morgan fingerprint density at radius 3 is 2.75 bits per heavy atom. The van der Waals surface area contributed by atoms with Crippen molar-refractivity contribution in [2.24, 2.45) is 5.73 Å². The highest BCUT2D eigenvalue weighted by atomic mass is 16.2. The van der Waals surface area contributed by atoms with Gasteiger partial charge >= 0.3 is 0 Å². The minimum Gasteiger partial charge on any atom is -0.338 e. The van der Waals surface area contributed by atoms with Crippen LogP contribution < -0.4 is 5.73 Å². The molecule has 1 fully saturated rings. The van der Waals surface area contributed by atoms with Crippen molar-refractivity contribution in [2.45, 2.75) is 31.8 Å². The van der Waals surface area contributed by atoms with E-state index in [1.165, 1.54) is 0 Å². The van der Waals surface area contributed by atoms with Gasteiger partial charge in [-0.05, 0) is 31.4 Å². The van der Waals surface area contributed by atoms with E-state index in [0.29, 0.717) is 6.54 Å². The fourth-order valence-corrected chi connectivity index (χ4v) is 1.64. The lowest BCUT2D eigenvalue weighted by Gasteiger charge is -2.20. The number of carbonyl (C=O) groups is 1. The van der Waals surface area contributed by atoms with Gasteiger partial charge in [0.15, 0.2) is 0 Å². The Bertz CT molecular complexity index is 395. The summed E-state index contributed by atoms with van der Waals surface area (Å²) in [5.74, 6) is 0.0230. The topological polar surface area (TPSA) is 59.2 Å². The van der Waals surface area contributed by atoms with Gasteiger partial charge in [-0.2, -0.15) is 0 Å². The molecule has 4 nitrogen and oxygen atoms in total. The summed E-state index contributed by atoms with van der Waals surface area (Å²) in [6, 6.07) is 3.94. The molecule has 0 spiro atoms. The lowest BCUT2D eigenvalue weighted by molar-refractivity contribution is -0.132. The molecule has 0 aromatic carbocycles. The summed E-state index contributed by atoms with van der Waals surface area (Å²) in [4.78, 5) is 17.8. The fraction of sp³-hybridized carbons (Fsp3) is 0.500. The molecular weight excluding hydrogens is 202 g/mol. The maximum absolute atomic E-state index is 11.9. The summed E-state index contributed by atoms with van der Waals surface area (Å²) >= 11 is 0. The van der Waals surface area contributed by atoms with Crippen molar-refractivity contribution in [1.29, 1.82) is 0 Å². The van der Waals surface area contributed by atoms with Crippen LogP contribution in [0, 0.1) is 6.92 Å². The molecule has 0 aliphatic heterocycles. The normalized spacial score (nSPS) is 16.9. The molecule has 1 saturated carbocycles. The highest BCUT2D eigenvalue weighted by Crippen LogP contribution is 2.33. The summed E-state index contributed by atoms with van der Waals surface area (Å²) in [6.07, 6.45) is 3.41. The van der Waals surface area contributed by atoms with Gasteiger partial charge in [0.2, 0.25) is 5.91 Å². The Kier molecular flexibility index (Phi) is 2.68. The van der Waals surface area contributed by atoms with Gasteiger partial charge in [0.25, 0.3) is 0 Å². The molecule has 2 rings (SSSR count). The maximum Gasteiger partial charge on any atom is 0.242 e. The van der Waals surface area contributed by atoms with E-state index >= 15 is 0 Å². The highest BCUT2D eigenvalue weighted by Gasteiger charge is 2.47. The first-order valence-electron chi connectivity index (χ1n) is 5.47. The number of nitrogens with zero attached hydrogens (tertiary/aromatic N) is 2. The van der Waals surface area contributed by atoms with Crippen LogP contribution in [0.4, 0.5) is 0 Å². The molecule has 86 valence electrons. The van der Waals surface area contributed by atoms with Gasteiger partial charge in [-0.25, -0.2) is 0 Å². The first kappa shape index (κ1) is 11.1. The third kappa shape index (κ3) is 2.22. The zero-order valence-corrected chi connectivity index (χ0v) is 9.73. The predicted octanol–water partition coefficient (Wildman–Crippen LogP) is 0.840. The van der Waals surface area contributed by atoms with Crippen molar-refractivity contribution < 1.29 is 4.79 Å². The van der Waals surface area contributed by atoms with Crippen molar-refractivity contribution in [2.75, 3.05) is 7.05 Å². The molecular formula is C12H17N3O. The largest absolute Gasteiger partial charge is 0.338 e. The van der Waals surface area contributed by atoms with Crippen LogP contribution in [0.3, 0.4) is 0 Å². The smallest absolute Gasteiger partial charge is 0.242 e. The first-order chi connectivity index (χ1) is 7.51. The standard InChI is InChI=1S/C12H17N3O/c1-9-3-4-10(14-7-9)8-15(2)11(16)12(13)5-6-12/h3-4,7H,5-6,8,13H2,1-2H3. The third-order valence-corrected chi connectivity index (χ3v) is 2.93. The van der Waals surface area contributed by atoms with Crippen molar-refractivity contribution in [3.05, 3.63) is 29.6 Å². The van der Waals surface area contributed by atoms with Crippen LogP contribution in [0.15, 0.2) is 18.3 Å². The average molecular weight is 219 g/mol. The Hall–Kier alpha value is -1.42. The van der Waals surface area contributed by atoms with Gasteiger partial charge in [0.05, 0.1) is 17.8 Å². The fourth-order valence-electron chi connectivity index (χ4n) is 1.64. The second-order valence-electron chi connectivity index (χ2n) is 4.64. The van der Waals surface area contributed by atoms with Crippen LogP contribution >= 0.6 is 0 Å². The predicted molar refractivity (Wildman–Crippen MR) is 61.6 cm³/mol. The Labute approximate surface area is 95.5 Å². The van der Waals surface area contributed by atoms with Gasteiger partial charge in [0.1, 0.15) is 0 Å². The maximum atomic E-state index is 11.9. The minimum absolute atomic E-state index is 0.0230. The lowest BCUT2D eigenvalue weighted by atomic mass is 10.2. The number of nitrogens with two attached hydrogens (primary N) is 1. The SMILES string of the molecule is Cc1ccc(CN(C)C(=O)C2(N)CC2)nc1. The number of aromatic nitrogens is 1. The number of hydrogen-bond acceptors (Lipinski definition) is 3. The molecule has 0 radical (unpaired) electrons. The van der Waals surface area contributed by atoms with Crippen LogP contribution in [0.5, 0.6) is 0 Å². The van der Waals surface area contributed by atoms with E-state index in [-0.39, 0.29) is 5.91 Å². The van der Waals surface area contributed by atoms with Gasteiger partial charge in [-0.15, -0.1) is 0 Å². The van der Waals surface area contributed by atoms with E-state index in [4.69, 9.17) is 5.73 Å². The Morgan fingerprint density at radius 1 is 1.56 bits per heavy atom. The quantitative estimate of drug-likeness (QED) is 0.819. The molecule has 0 atom stereocenters. The van der Waals surface area contributed by atoms with Crippen molar-refractivity contribution in [1.82, 2.24) is 9.88 Å². The second kappa shape index (κ2) is 3.87. The number of hydrogen-bond donors (Lipinski definition) is 1. The zero-order chi connectivity index (χ0) is 11.8. The minimum atomic E-state index is -0.584. The Morgan fingerprint density at radius 2 is 2.25 bits per heavy atom. The van der Waals surface area contributed by atoms with Crippen molar-refractivity contribution >= 4 is 5.91 Å². The summed E-state index contributed by atoms with van der Waals surface area (Å²) in [5, 5.41) is 0. The molecule has 1 amide bonds. The number of likely N-dealkylation sites (N-methyl/N-ethyl adjacent to an activating group) is 1. The lowest BCUT2D eigenvalue weighted by Crippen LogP contribution is -2.43. The summed E-state index contributed by atoms with van der Waals surface area (Å²) < 4.78 is 0. The number of pyridine rings is 1. The molecule has 4 heteroatoms. The molecule has 1 aliphatic rings. The molecule has 2 N–H and O–H groups in total. The van der Waals surface area contributed by atoms with Crippen LogP contribution in [0.2, 0.25) is 0 Å². The summed E-state index contributed by atoms with van der Waals surface area (Å²) in [5.41, 5.74) is 7.29. The van der Waals surface area contributed by atoms with E-state index in [9.17, 15) is 4.79 Å². The molecule has 0 saturated heterocycles. The van der Waals surface area contributed by atoms with Crippen LogP contribution in [0.1, 0.15) is 24.1 Å². The van der Waals surface area contributed by atoms with Gasteiger partial charge in [0, 0.05) is 13.2 Å². The summed E-state index contributed by atoms with van der Waals surface area (Å²) in [7, 11) is 1.77. The molecule has 0 bridgehead atoms. The number of amides is 1. The zero-order valence-electron chi connectivity index (χ0n) is 9.73. The van der Waals surface area contributed by atoms with E-state index < -0.39 is 5.54 Å². The molecule has 0 unspecified atom stereocenters. The molecule has 1 aliphatic carbocycles. The van der Waals surface area contributed by atoms with E-state index in [1.54, 1.807) is 11.9 Å². The van der Waals surface area contributed by atoms with E-state index in [1.807, 2.05) is 25.3 Å². The van der Waals surface area contributed by atoms with Crippen LogP contribution in [0.25, 0.3) is 0 Å². The van der Waals surface area contributed by atoms with Crippen molar-refractivity contribution in [3.63, 3.8) is 0 Å². The van der Waals surface area contributed by atoms with E-state index in [0.717, 1.165) is 24.1 Å². The molecule has 1 heterocycles. The number of carbonyl (C=O) groups excluding carboxylic acids is 1. The summed E-state index contributed by atoms with van der Waals surface area (Å²) in [6.45, 7) is 2.52. The van der Waals surface area contributed by atoms with Crippen LogP contribution in [-0.2, 0) is 11.3 Å². The molecule has 16 heavy (non-hydrogen) atoms. The highest BCUT2D eigenvalue weighted by molar-refractivity contribution is 5.88. The monoisotopic (exact) mass is 219 g/mol. The average Bonchev–Trinajstić information content (AvgIpc) is 3.00. The molecule has 1 aromatic heterocycles.